The predicted octanol–water partition coefficient (Wildman–Crippen LogP) is 1.16. The van der Waals surface area contributed by atoms with Crippen molar-refractivity contribution in [1.82, 2.24) is 19.7 Å². The van der Waals surface area contributed by atoms with E-state index in [0.717, 1.165) is 11.2 Å². The average molecular weight is 160 g/mol. The zero-order valence-electron chi connectivity index (χ0n) is 6.51. The Bertz CT molecular complexity index is 416. The van der Waals surface area contributed by atoms with Crippen molar-refractivity contribution in [3.05, 3.63) is 18.6 Å². The van der Waals surface area contributed by atoms with Gasteiger partial charge < -0.3 is 4.57 Å². The van der Waals surface area contributed by atoms with Crippen LogP contribution in [-0.2, 0) is 0 Å². The van der Waals surface area contributed by atoms with Crippen LogP contribution in [0.3, 0.4) is 0 Å². The highest BCUT2D eigenvalue weighted by Gasteiger charge is 2.25. The molecule has 0 unspecified atom stereocenters. The smallest absolute Gasteiger partial charge is 0.182 e. The van der Waals surface area contributed by atoms with Gasteiger partial charge in [0.15, 0.2) is 5.65 Å². The Morgan fingerprint density at radius 2 is 2.33 bits per heavy atom. The van der Waals surface area contributed by atoms with Crippen LogP contribution in [0.15, 0.2) is 18.6 Å². The molecule has 2 heterocycles. The third-order valence-corrected chi connectivity index (χ3v) is 2.19. The van der Waals surface area contributed by atoms with E-state index in [1.54, 1.807) is 6.20 Å². The Labute approximate surface area is 69.2 Å². The molecule has 0 aliphatic heterocycles. The molecule has 2 aromatic rings. The first-order valence-electron chi connectivity index (χ1n) is 4.09. The van der Waals surface area contributed by atoms with Gasteiger partial charge in [0, 0.05) is 6.04 Å². The van der Waals surface area contributed by atoms with Crippen LogP contribution in [0, 0.1) is 0 Å². The van der Waals surface area contributed by atoms with E-state index in [9.17, 15) is 0 Å². The zero-order chi connectivity index (χ0) is 7.97. The molecule has 0 atom stereocenters. The van der Waals surface area contributed by atoms with Gasteiger partial charge in [0.2, 0.25) is 0 Å². The summed E-state index contributed by atoms with van der Waals surface area (Å²) in [5.74, 6) is 0. The van der Waals surface area contributed by atoms with Gasteiger partial charge in [-0.1, -0.05) is 0 Å². The lowest BCUT2D eigenvalue weighted by Crippen LogP contribution is -1.93. The summed E-state index contributed by atoms with van der Waals surface area (Å²) >= 11 is 0. The molecule has 3 rings (SSSR count). The van der Waals surface area contributed by atoms with Crippen LogP contribution in [0.1, 0.15) is 18.9 Å². The molecular weight excluding hydrogens is 152 g/mol. The van der Waals surface area contributed by atoms with Crippen LogP contribution in [0.5, 0.6) is 0 Å². The van der Waals surface area contributed by atoms with Crippen molar-refractivity contribution in [3.63, 3.8) is 0 Å². The molecule has 4 heteroatoms. The molecule has 0 radical (unpaired) electrons. The Morgan fingerprint density at radius 3 is 3.17 bits per heavy atom. The van der Waals surface area contributed by atoms with Gasteiger partial charge in [0.05, 0.1) is 12.5 Å². The largest absolute Gasteiger partial charge is 0.311 e. The molecule has 1 saturated carbocycles. The predicted molar refractivity (Wildman–Crippen MR) is 43.6 cm³/mol. The maximum absolute atomic E-state index is 4.24. The van der Waals surface area contributed by atoms with Gasteiger partial charge >= 0.3 is 0 Å². The highest BCUT2D eigenvalue weighted by molar-refractivity contribution is 5.69. The third-order valence-electron chi connectivity index (χ3n) is 2.19. The molecule has 0 spiro atoms. The van der Waals surface area contributed by atoms with Crippen LogP contribution in [-0.4, -0.2) is 19.7 Å². The van der Waals surface area contributed by atoms with E-state index >= 15 is 0 Å². The van der Waals surface area contributed by atoms with Gasteiger partial charge in [0.25, 0.3) is 0 Å². The maximum atomic E-state index is 4.24. The minimum atomic E-state index is 0.631. The Hall–Kier alpha value is -1.45. The quantitative estimate of drug-likeness (QED) is 0.628. The Morgan fingerprint density at radius 1 is 1.42 bits per heavy atom. The van der Waals surface area contributed by atoms with Crippen LogP contribution in [0.4, 0.5) is 0 Å². The van der Waals surface area contributed by atoms with Crippen molar-refractivity contribution in [2.45, 2.75) is 18.9 Å². The van der Waals surface area contributed by atoms with Crippen molar-refractivity contribution in [1.29, 1.82) is 0 Å². The van der Waals surface area contributed by atoms with Gasteiger partial charge in [-0.3, -0.25) is 0 Å². The lowest BCUT2D eigenvalue weighted by molar-refractivity contribution is 0.751. The number of fused-ring (bicyclic) bond motifs is 1. The number of hydrogen-bond acceptors (Lipinski definition) is 3. The molecule has 0 N–H and O–H groups in total. The molecule has 1 aliphatic rings. The molecule has 0 saturated heterocycles. The number of nitrogens with zero attached hydrogens (tertiary/aromatic N) is 4. The first-order chi connectivity index (χ1) is 5.95. The van der Waals surface area contributed by atoms with Crippen molar-refractivity contribution in [3.8, 4) is 0 Å². The second-order valence-electron chi connectivity index (χ2n) is 3.12. The SMILES string of the molecule is c1cc2ncn(C3CC3)c2nn1. The molecule has 4 nitrogen and oxygen atoms in total. The summed E-state index contributed by atoms with van der Waals surface area (Å²) in [5.41, 5.74) is 1.86. The van der Waals surface area contributed by atoms with Crippen LogP contribution in [0.25, 0.3) is 11.2 Å². The summed E-state index contributed by atoms with van der Waals surface area (Å²) in [6.07, 6.45) is 6.04. The first kappa shape index (κ1) is 6.11. The average Bonchev–Trinajstić information content (AvgIpc) is 2.86. The van der Waals surface area contributed by atoms with E-state index < -0.39 is 0 Å². The zero-order valence-corrected chi connectivity index (χ0v) is 6.51. The molecule has 1 aliphatic carbocycles. The molecular formula is C8H8N4. The standard InChI is InChI=1S/C8H8N4/c1-2-6(1)12-5-9-7-3-4-10-11-8(7)12/h3-6H,1-2H2. The molecule has 0 bridgehead atoms. The minimum absolute atomic E-state index is 0.631. The van der Waals surface area contributed by atoms with E-state index in [2.05, 4.69) is 19.7 Å². The maximum Gasteiger partial charge on any atom is 0.182 e. The van der Waals surface area contributed by atoms with Gasteiger partial charge in [-0.15, -0.1) is 5.10 Å². The molecule has 0 amide bonds. The van der Waals surface area contributed by atoms with Gasteiger partial charge in [-0.25, -0.2) is 4.98 Å². The Kier molecular flexibility index (Phi) is 1.03. The van der Waals surface area contributed by atoms with E-state index in [0.29, 0.717) is 6.04 Å². The normalized spacial score (nSPS) is 17.0. The van der Waals surface area contributed by atoms with E-state index in [1.807, 2.05) is 12.4 Å². The second-order valence-corrected chi connectivity index (χ2v) is 3.12. The van der Waals surface area contributed by atoms with Crippen molar-refractivity contribution < 1.29 is 0 Å². The summed E-state index contributed by atoms with van der Waals surface area (Å²) < 4.78 is 2.11. The monoisotopic (exact) mass is 160 g/mol. The highest BCUT2D eigenvalue weighted by Crippen LogP contribution is 2.36. The van der Waals surface area contributed by atoms with Gasteiger partial charge in [0.1, 0.15) is 5.52 Å². The fourth-order valence-electron chi connectivity index (χ4n) is 1.40. The van der Waals surface area contributed by atoms with Gasteiger partial charge in [-0.2, -0.15) is 5.10 Å². The van der Waals surface area contributed by atoms with E-state index in [4.69, 9.17) is 0 Å². The third kappa shape index (κ3) is 0.747. The summed E-state index contributed by atoms with van der Waals surface area (Å²) in [7, 11) is 0. The first-order valence-corrected chi connectivity index (χ1v) is 4.09. The van der Waals surface area contributed by atoms with Crippen molar-refractivity contribution in [2.24, 2.45) is 0 Å². The summed E-state index contributed by atoms with van der Waals surface area (Å²) in [4.78, 5) is 4.24. The van der Waals surface area contributed by atoms with E-state index in [-0.39, 0.29) is 0 Å². The molecule has 12 heavy (non-hydrogen) atoms. The van der Waals surface area contributed by atoms with E-state index in [1.165, 1.54) is 12.8 Å². The summed E-state index contributed by atoms with van der Waals surface area (Å²) in [6.45, 7) is 0. The fourth-order valence-corrected chi connectivity index (χ4v) is 1.40. The lowest BCUT2D eigenvalue weighted by atomic mass is 10.5. The van der Waals surface area contributed by atoms with Crippen LogP contribution < -0.4 is 0 Å². The second kappa shape index (κ2) is 2.03. The highest BCUT2D eigenvalue weighted by atomic mass is 15.2. The van der Waals surface area contributed by atoms with Gasteiger partial charge in [-0.05, 0) is 18.9 Å². The number of hydrogen-bond donors (Lipinski definition) is 0. The number of aromatic nitrogens is 4. The summed E-state index contributed by atoms with van der Waals surface area (Å²) in [6, 6.07) is 2.52. The fraction of sp³-hybridized carbons (Fsp3) is 0.375. The molecule has 0 aromatic carbocycles. The summed E-state index contributed by atoms with van der Waals surface area (Å²) in [5, 5.41) is 7.90. The van der Waals surface area contributed by atoms with Crippen molar-refractivity contribution >= 4 is 11.2 Å². The van der Waals surface area contributed by atoms with Crippen LogP contribution in [0.2, 0.25) is 0 Å². The van der Waals surface area contributed by atoms with Crippen molar-refractivity contribution in [2.75, 3.05) is 0 Å². The molecule has 2 aromatic heterocycles. The molecule has 60 valence electrons. The number of imidazole rings is 1. The molecule has 1 fully saturated rings. The minimum Gasteiger partial charge on any atom is -0.311 e. The number of rotatable bonds is 1. The lowest BCUT2D eigenvalue weighted by Gasteiger charge is -1.96. The Balaban J connectivity index is 2.30. The topological polar surface area (TPSA) is 43.6 Å². The van der Waals surface area contributed by atoms with Crippen LogP contribution >= 0.6 is 0 Å².